The molecule has 1 aliphatic rings. The summed E-state index contributed by atoms with van der Waals surface area (Å²) >= 11 is 3.53. The minimum Gasteiger partial charge on any atom is -0.271 e. The third-order valence-corrected chi connectivity index (χ3v) is 6.90. The number of hydrogen-bond donors (Lipinski definition) is 0. The van der Waals surface area contributed by atoms with E-state index in [0.717, 1.165) is 24.2 Å². The topological polar surface area (TPSA) is 32.7 Å². The summed E-state index contributed by atoms with van der Waals surface area (Å²) in [4.78, 5) is 12.2. The van der Waals surface area contributed by atoms with E-state index in [0.29, 0.717) is 0 Å². The third kappa shape index (κ3) is 9.32. The van der Waals surface area contributed by atoms with E-state index in [1.807, 2.05) is 30.3 Å². The second-order valence-electron chi connectivity index (χ2n) is 8.64. The van der Waals surface area contributed by atoms with Crippen molar-refractivity contribution in [3.63, 3.8) is 0 Å². The lowest BCUT2D eigenvalue weighted by molar-refractivity contribution is -0.116. The van der Waals surface area contributed by atoms with Crippen molar-refractivity contribution in [2.75, 3.05) is 5.01 Å². The number of benzene rings is 1. The van der Waals surface area contributed by atoms with Gasteiger partial charge in [0.05, 0.1) is 11.4 Å². The number of carbonyl (C=O) groups excluding carboxylic acids is 1. The van der Waals surface area contributed by atoms with Crippen LogP contribution in [-0.2, 0) is 4.79 Å². The molecule has 1 aromatic carbocycles. The Morgan fingerprint density at radius 2 is 1.23 bits per heavy atom. The summed E-state index contributed by atoms with van der Waals surface area (Å²) in [5.41, 5.74) is 1.82. The van der Waals surface area contributed by atoms with E-state index in [-0.39, 0.29) is 10.7 Å². The van der Waals surface area contributed by atoms with E-state index >= 15 is 0 Å². The molecule has 1 heterocycles. The fraction of sp³-hybridized carbons (Fsp3) is 0.692. The van der Waals surface area contributed by atoms with Crippen molar-refractivity contribution in [3.8, 4) is 0 Å². The Morgan fingerprint density at radius 1 is 0.767 bits per heavy atom. The zero-order valence-corrected chi connectivity index (χ0v) is 20.5. The van der Waals surface area contributed by atoms with Crippen LogP contribution in [0.2, 0.25) is 0 Å². The summed E-state index contributed by atoms with van der Waals surface area (Å²) in [6.45, 7) is 2.28. The Balaban J connectivity index is 1.45. The van der Waals surface area contributed by atoms with E-state index < -0.39 is 0 Å². The summed E-state index contributed by atoms with van der Waals surface area (Å²) < 4.78 is 0. The molecule has 30 heavy (non-hydrogen) atoms. The van der Waals surface area contributed by atoms with Crippen LogP contribution < -0.4 is 5.01 Å². The summed E-state index contributed by atoms with van der Waals surface area (Å²) in [7, 11) is 0. The zero-order valence-electron chi connectivity index (χ0n) is 19.0. The highest BCUT2D eigenvalue weighted by Crippen LogP contribution is 2.26. The standard InChI is InChI=1S/C26H41BrN2O/c1-2-3-4-5-6-7-8-9-10-11-12-13-14-15-19-22-24-25(27)26(30)29(28-24)23-20-17-16-18-21-23/h16-18,20-21,25H,2-15,19,22H2,1H3/t25-/m1/s1. The molecule has 2 rings (SSSR count). The molecule has 1 amide bonds. The average molecular weight is 478 g/mol. The Labute approximate surface area is 192 Å². The first-order valence-electron chi connectivity index (χ1n) is 12.3. The molecule has 0 unspecified atom stereocenters. The summed E-state index contributed by atoms with van der Waals surface area (Å²) in [5.74, 6) is 0.0251. The average Bonchev–Trinajstić information content (AvgIpc) is 3.05. The van der Waals surface area contributed by atoms with E-state index in [2.05, 4.69) is 28.0 Å². The van der Waals surface area contributed by atoms with E-state index in [4.69, 9.17) is 0 Å². The van der Waals surface area contributed by atoms with Crippen LogP contribution in [0.3, 0.4) is 0 Å². The highest BCUT2D eigenvalue weighted by Gasteiger charge is 2.33. The van der Waals surface area contributed by atoms with Crippen molar-refractivity contribution >= 4 is 33.2 Å². The molecule has 0 saturated heterocycles. The molecule has 1 aromatic rings. The van der Waals surface area contributed by atoms with Gasteiger partial charge in [0.2, 0.25) is 0 Å². The minimum absolute atomic E-state index is 0.0251. The van der Waals surface area contributed by atoms with Crippen molar-refractivity contribution < 1.29 is 4.79 Å². The SMILES string of the molecule is CCCCCCCCCCCCCCCCCC1=NN(c2ccccc2)C(=O)[C@@H]1Br. The fourth-order valence-corrected chi connectivity index (χ4v) is 4.60. The lowest BCUT2D eigenvalue weighted by atomic mass is 10.0. The molecule has 1 atom stereocenters. The van der Waals surface area contributed by atoms with Gasteiger partial charge >= 0.3 is 0 Å². The molecule has 0 spiro atoms. The van der Waals surface area contributed by atoms with Gasteiger partial charge in [0.15, 0.2) is 0 Å². The minimum atomic E-state index is -0.260. The number of unbranched alkanes of at least 4 members (excludes halogenated alkanes) is 14. The molecule has 0 bridgehead atoms. The normalized spacial score (nSPS) is 16.3. The summed E-state index contributed by atoms with van der Waals surface area (Å²) in [6, 6.07) is 9.69. The molecular weight excluding hydrogens is 436 g/mol. The highest BCUT2D eigenvalue weighted by atomic mass is 79.9. The maximum Gasteiger partial charge on any atom is 0.267 e. The maximum atomic E-state index is 12.4. The van der Waals surface area contributed by atoms with E-state index in [9.17, 15) is 4.79 Å². The third-order valence-electron chi connectivity index (χ3n) is 5.98. The van der Waals surface area contributed by atoms with Crippen LogP contribution in [0.25, 0.3) is 0 Å². The van der Waals surface area contributed by atoms with Crippen LogP contribution in [0, 0.1) is 0 Å². The van der Waals surface area contributed by atoms with E-state index in [1.54, 1.807) is 5.01 Å². The first kappa shape index (κ1) is 25.1. The van der Waals surface area contributed by atoms with Gasteiger partial charge < -0.3 is 0 Å². The first-order valence-corrected chi connectivity index (χ1v) is 13.3. The molecule has 0 saturated carbocycles. The smallest absolute Gasteiger partial charge is 0.267 e. The van der Waals surface area contributed by atoms with Crippen LogP contribution in [-0.4, -0.2) is 16.4 Å². The molecule has 1 aliphatic heterocycles. The largest absolute Gasteiger partial charge is 0.271 e. The Bertz CT molecular complexity index is 617. The van der Waals surface area contributed by atoms with Gasteiger partial charge in [-0.1, -0.05) is 131 Å². The van der Waals surface area contributed by atoms with Gasteiger partial charge in [-0.05, 0) is 25.0 Å². The van der Waals surface area contributed by atoms with Crippen LogP contribution >= 0.6 is 15.9 Å². The molecule has 0 N–H and O–H groups in total. The number of amides is 1. The predicted molar refractivity (Wildman–Crippen MR) is 134 cm³/mol. The monoisotopic (exact) mass is 476 g/mol. The van der Waals surface area contributed by atoms with E-state index in [1.165, 1.54) is 89.9 Å². The maximum absolute atomic E-state index is 12.4. The lowest BCUT2D eigenvalue weighted by Crippen LogP contribution is -2.27. The molecule has 168 valence electrons. The van der Waals surface area contributed by atoms with Crippen LogP contribution in [0.15, 0.2) is 35.4 Å². The molecular formula is C26H41BrN2O. The first-order chi connectivity index (χ1) is 14.7. The molecule has 3 nitrogen and oxygen atoms in total. The lowest BCUT2D eigenvalue weighted by Gasteiger charge is -2.11. The number of halogens is 1. The number of anilines is 1. The number of alkyl halides is 1. The number of carbonyl (C=O) groups is 1. The number of para-hydroxylation sites is 1. The molecule has 0 aromatic heterocycles. The van der Waals surface area contributed by atoms with Crippen molar-refractivity contribution in [2.45, 2.75) is 114 Å². The van der Waals surface area contributed by atoms with Crippen molar-refractivity contribution in [1.29, 1.82) is 0 Å². The number of rotatable bonds is 17. The Kier molecular flexibility index (Phi) is 13.1. The van der Waals surface area contributed by atoms with Crippen LogP contribution in [0.4, 0.5) is 5.69 Å². The molecule has 4 heteroatoms. The molecule has 0 radical (unpaired) electrons. The van der Waals surface area contributed by atoms with Gasteiger partial charge in [-0.15, -0.1) is 0 Å². The molecule has 0 fully saturated rings. The fourth-order valence-electron chi connectivity index (χ4n) is 4.09. The van der Waals surface area contributed by atoms with Gasteiger partial charge in [0.1, 0.15) is 4.83 Å². The zero-order chi connectivity index (χ0) is 21.4. The Morgan fingerprint density at radius 3 is 1.73 bits per heavy atom. The van der Waals surface area contributed by atoms with Crippen LogP contribution in [0.1, 0.15) is 110 Å². The van der Waals surface area contributed by atoms with Crippen molar-refractivity contribution in [1.82, 2.24) is 0 Å². The van der Waals surface area contributed by atoms with Crippen molar-refractivity contribution in [2.24, 2.45) is 5.10 Å². The van der Waals surface area contributed by atoms with Crippen molar-refractivity contribution in [3.05, 3.63) is 30.3 Å². The second kappa shape index (κ2) is 15.6. The summed E-state index contributed by atoms with van der Waals surface area (Å²) in [5, 5.41) is 6.12. The van der Waals surface area contributed by atoms with Crippen LogP contribution in [0.5, 0.6) is 0 Å². The number of nitrogens with zero attached hydrogens (tertiary/aromatic N) is 2. The second-order valence-corrected chi connectivity index (χ2v) is 9.55. The Hall–Kier alpha value is -1.16. The highest BCUT2D eigenvalue weighted by molar-refractivity contribution is 9.10. The predicted octanol–water partition coefficient (Wildman–Crippen LogP) is 8.41. The quantitative estimate of drug-likeness (QED) is 0.164. The van der Waals surface area contributed by atoms with Gasteiger partial charge in [0.25, 0.3) is 5.91 Å². The number of hydrazone groups is 1. The summed E-state index contributed by atoms with van der Waals surface area (Å²) in [6.07, 6.45) is 21.4. The van der Waals surface area contributed by atoms with Gasteiger partial charge in [-0.25, -0.2) is 0 Å². The van der Waals surface area contributed by atoms with Gasteiger partial charge in [0, 0.05) is 0 Å². The molecule has 0 aliphatic carbocycles. The van der Waals surface area contributed by atoms with Gasteiger partial charge in [-0.2, -0.15) is 10.1 Å². The van der Waals surface area contributed by atoms with Gasteiger partial charge in [-0.3, -0.25) is 4.79 Å². The number of hydrogen-bond acceptors (Lipinski definition) is 2.